The summed E-state index contributed by atoms with van der Waals surface area (Å²) in [6, 6.07) is 5.13. The zero-order valence-corrected chi connectivity index (χ0v) is 15.2. The highest BCUT2D eigenvalue weighted by Crippen LogP contribution is 2.53. The van der Waals surface area contributed by atoms with Crippen molar-refractivity contribution >= 4 is 71.0 Å². The summed E-state index contributed by atoms with van der Waals surface area (Å²) in [4.78, 5) is 0. The van der Waals surface area contributed by atoms with Crippen LogP contribution in [0.4, 0.5) is 0 Å². The molecule has 0 N–H and O–H groups in total. The largest absolute Gasteiger partial charge is 0.449 e. The normalized spacial score (nSPS) is 12.3. The summed E-state index contributed by atoms with van der Waals surface area (Å²) in [6.07, 6.45) is 0. The Balaban J connectivity index is 2.17. The van der Waals surface area contributed by atoms with Gasteiger partial charge in [0.1, 0.15) is 0 Å². The number of hydrogen-bond acceptors (Lipinski definition) is 2. The first-order valence-corrected chi connectivity index (χ1v) is 8.13. The SMILES string of the molecule is Clc1cc2c(cc1Br)Oc1c(cc(Cl)c(Br)c1Br)O2. The van der Waals surface area contributed by atoms with Gasteiger partial charge in [0.25, 0.3) is 0 Å². The Kier molecular flexibility index (Phi) is 3.77. The molecule has 98 valence electrons. The van der Waals surface area contributed by atoms with Crippen LogP contribution in [0.25, 0.3) is 0 Å². The number of rotatable bonds is 0. The van der Waals surface area contributed by atoms with Crippen molar-refractivity contribution in [2.75, 3.05) is 0 Å². The standard InChI is InChI=1S/C12H3Br3Cl2O2/c13-4-1-7-8(2-5(4)16)18-9-3-6(17)10(14)11(15)12(9)19-7/h1-3H. The predicted molar refractivity (Wildman–Crippen MR) is 86.2 cm³/mol. The zero-order chi connectivity index (χ0) is 13.7. The molecule has 1 heterocycles. The van der Waals surface area contributed by atoms with E-state index in [9.17, 15) is 0 Å². The van der Waals surface area contributed by atoms with Gasteiger partial charge in [-0.3, -0.25) is 0 Å². The number of benzene rings is 2. The first kappa shape index (κ1) is 14.0. The average molecular weight is 490 g/mol. The summed E-state index contributed by atoms with van der Waals surface area (Å²) in [5.41, 5.74) is 0. The molecule has 19 heavy (non-hydrogen) atoms. The van der Waals surface area contributed by atoms with E-state index in [4.69, 9.17) is 32.7 Å². The molecule has 1 aliphatic rings. The second-order valence-corrected chi connectivity index (χ2v) is 6.99. The molecular formula is C12H3Br3Cl2O2. The summed E-state index contributed by atoms with van der Waals surface area (Å²) in [7, 11) is 0. The van der Waals surface area contributed by atoms with Crippen molar-refractivity contribution in [2.45, 2.75) is 0 Å². The lowest BCUT2D eigenvalue weighted by Crippen LogP contribution is -2.00. The monoisotopic (exact) mass is 486 g/mol. The van der Waals surface area contributed by atoms with Crippen LogP contribution in [0.1, 0.15) is 0 Å². The Labute approximate surface area is 144 Å². The van der Waals surface area contributed by atoms with Gasteiger partial charge in [0.05, 0.1) is 19.0 Å². The summed E-state index contributed by atoms with van der Waals surface area (Å²) in [5.74, 6) is 2.23. The minimum absolute atomic E-state index is 0.529. The maximum absolute atomic E-state index is 6.09. The van der Waals surface area contributed by atoms with Crippen LogP contribution in [-0.2, 0) is 0 Å². The molecule has 0 fully saturated rings. The second-order valence-electron chi connectivity index (χ2n) is 3.73. The molecule has 2 nitrogen and oxygen atoms in total. The van der Waals surface area contributed by atoms with E-state index in [1.54, 1.807) is 18.2 Å². The smallest absolute Gasteiger partial charge is 0.185 e. The third-order valence-electron chi connectivity index (χ3n) is 2.50. The molecule has 0 saturated heterocycles. The van der Waals surface area contributed by atoms with Gasteiger partial charge in [-0.05, 0) is 47.8 Å². The lowest BCUT2D eigenvalue weighted by atomic mass is 10.2. The quantitative estimate of drug-likeness (QED) is 0.311. The van der Waals surface area contributed by atoms with Gasteiger partial charge in [-0.25, -0.2) is 0 Å². The Bertz CT molecular complexity index is 704. The van der Waals surface area contributed by atoms with E-state index in [-0.39, 0.29) is 0 Å². The van der Waals surface area contributed by atoms with E-state index < -0.39 is 0 Å². The molecule has 0 spiro atoms. The molecule has 0 amide bonds. The highest BCUT2D eigenvalue weighted by molar-refractivity contribution is 9.13. The van der Waals surface area contributed by atoms with E-state index in [1.165, 1.54) is 0 Å². The van der Waals surface area contributed by atoms with Crippen molar-refractivity contribution in [1.29, 1.82) is 0 Å². The van der Waals surface area contributed by atoms with Crippen molar-refractivity contribution < 1.29 is 9.47 Å². The minimum atomic E-state index is 0.529. The summed E-state index contributed by atoms with van der Waals surface area (Å²) in [5, 5.41) is 1.08. The topological polar surface area (TPSA) is 18.5 Å². The van der Waals surface area contributed by atoms with Crippen LogP contribution in [0, 0.1) is 0 Å². The maximum atomic E-state index is 6.09. The Morgan fingerprint density at radius 3 is 2.11 bits per heavy atom. The van der Waals surface area contributed by atoms with E-state index in [0.29, 0.717) is 42.0 Å². The van der Waals surface area contributed by atoms with Crippen molar-refractivity contribution in [3.63, 3.8) is 0 Å². The summed E-state index contributed by atoms with van der Waals surface area (Å²) < 4.78 is 13.8. The summed E-state index contributed by atoms with van der Waals surface area (Å²) in [6.45, 7) is 0. The van der Waals surface area contributed by atoms with Gasteiger partial charge in [-0.1, -0.05) is 23.2 Å². The van der Waals surface area contributed by atoms with E-state index in [1.807, 2.05) is 0 Å². The molecular weight excluding hydrogens is 487 g/mol. The molecule has 3 rings (SSSR count). The zero-order valence-electron chi connectivity index (χ0n) is 8.94. The third kappa shape index (κ3) is 2.40. The Morgan fingerprint density at radius 1 is 0.737 bits per heavy atom. The first-order chi connectivity index (χ1) is 8.97. The average Bonchev–Trinajstić information content (AvgIpc) is 2.37. The molecule has 2 aromatic carbocycles. The fraction of sp³-hybridized carbons (Fsp3) is 0. The van der Waals surface area contributed by atoms with Gasteiger partial charge in [0.15, 0.2) is 23.0 Å². The van der Waals surface area contributed by atoms with Crippen LogP contribution in [0.2, 0.25) is 10.0 Å². The molecule has 0 bridgehead atoms. The molecule has 7 heteroatoms. The van der Waals surface area contributed by atoms with E-state index in [0.717, 1.165) is 4.47 Å². The van der Waals surface area contributed by atoms with Crippen LogP contribution < -0.4 is 9.47 Å². The van der Waals surface area contributed by atoms with Crippen molar-refractivity contribution in [2.24, 2.45) is 0 Å². The van der Waals surface area contributed by atoms with Crippen molar-refractivity contribution in [3.05, 3.63) is 41.7 Å². The van der Waals surface area contributed by atoms with Crippen LogP contribution in [0.5, 0.6) is 23.0 Å². The molecule has 0 unspecified atom stereocenters. The number of halogens is 5. The van der Waals surface area contributed by atoms with E-state index >= 15 is 0 Å². The van der Waals surface area contributed by atoms with Crippen LogP contribution in [0.15, 0.2) is 31.6 Å². The molecule has 0 aromatic heterocycles. The Morgan fingerprint density at radius 2 is 1.37 bits per heavy atom. The molecule has 0 aliphatic carbocycles. The third-order valence-corrected chi connectivity index (χ3v) is 6.34. The van der Waals surface area contributed by atoms with Crippen molar-refractivity contribution in [1.82, 2.24) is 0 Å². The fourth-order valence-electron chi connectivity index (χ4n) is 1.63. The lowest BCUT2D eigenvalue weighted by Gasteiger charge is -2.23. The minimum Gasteiger partial charge on any atom is -0.449 e. The highest BCUT2D eigenvalue weighted by atomic mass is 79.9. The molecule has 2 aromatic rings. The molecule has 0 radical (unpaired) electrons. The summed E-state index contributed by atoms with van der Waals surface area (Å²) >= 11 is 22.3. The fourth-order valence-corrected chi connectivity index (χ4v) is 3.19. The highest BCUT2D eigenvalue weighted by Gasteiger charge is 2.25. The van der Waals surface area contributed by atoms with Crippen LogP contribution in [0.3, 0.4) is 0 Å². The van der Waals surface area contributed by atoms with Crippen molar-refractivity contribution in [3.8, 4) is 23.0 Å². The van der Waals surface area contributed by atoms with Gasteiger partial charge in [-0.2, -0.15) is 0 Å². The first-order valence-electron chi connectivity index (χ1n) is 4.99. The van der Waals surface area contributed by atoms with Gasteiger partial charge in [0, 0.05) is 22.7 Å². The van der Waals surface area contributed by atoms with Gasteiger partial charge in [-0.15, -0.1) is 0 Å². The van der Waals surface area contributed by atoms with Gasteiger partial charge in [0.2, 0.25) is 0 Å². The predicted octanol–water partition coefficient (Wildman–Crippen LogP) is 7.18. The lowest BCUT2D eigenvalue weighted by molar-refractivity contribution is 0.357. The molecule has 0 saturated carbocycles. The number of hydrogen-bond donors (Lipinski definition) is 0. The number of ether oxygens (including phenoxy) is 2. The van der Waals surface area contributed by atoms with Crippen LogP contribution >= 0.6 is 71.0 Å². The second kappa shape index (κ2) is 5.11. The van der Waals surface area contributed by atoms with Gasteiger partial charge >= 0.3 is 0 Å². The maximum Gasteiger partial charge on any atom is 0.185 e. The molecule has 1 aliphatic heterocycles. The van der Waals surface area contributed by atoms with E-state index in [2.05, 4.69) is 47.8 Å². The number of fused-ring (bicyclic) bond motifs is 2. The van der Waals surface area contributed by atoms with Gasteiger partial charge < -0.3 is 9.47 Å². The molecule has 0 atom stereocenters. The van der Waals surface area contributed by atoms with Crippen LogP contribution in [-0.4, -0.2) is 0 Å². The Hall–Kier alpha value is 0.0600.